The molecule has 116 valence electrons. The number of piperidine rings is 1. The average Bonchev–Trinajstić information content (AvgIpc) is 2.45. The van der Waals surface area contributed by atoms with Crippen molar-refractivity contribution in [3.05, 3.63) is 24.0 Å². The van der Waals surface area contributed by atoms with E-state index in [1.54, 1.807) is 0 Å². The van der Waals surface area contributed by atoms with Crippen molar-refractivity contribution in [3.8, 4) is 0 Å². The summed E-state index contributed by atoms with van der Waals surface area (Å²) in [5, 5.41) is 2.81. The molecule has 5 heteroatoms. The van der Waals surface area contributed by atoms with Crippen LogP contribution >= 0.6 is 0 Å². The van der Waals surface area contributed by atoms with Crippen LogP contribution in [-0.4, -0.2) is 29.9 Å². The number of nitrogens with zero attached hydrogens (tertiary/aromatic N) is 1. The Labute approximate surface area is 125 Å². The van der Waals surface area contributed by atoms with Crippen LogP contribution in [0, 0.1) is 17.7 Å². The number of likely N-dealkylation sites (tertiary alicyclic amines) is 1. The highest BCUT2D eigenvalue weighted by atomic mass is 19.1. The molecule has 3 unspecified atom stereocenters. The number of rotatable bonds is 3. The van der Waals surface area contributed by atoms with Gasteiger partial charge in [-0.2, -0.15) is 0 Å². The Bertz CT molecular complexity index is 520. The summed E-state index contributed by atoms with van der Waals surface area (Å²) in [5.74, 6) is 0.742. The van der Waals surface area contributed by atoms with E-state index in [0.29, 0.717) is 17.5 Å². The molecule has 1 aliphatic heterocycles. The molecular formula is C16H24FN3O. The van der Waals surface area contributed by atoms with E-state index in [-0.39, 0.29) is 17.6 Å². The molecule has 1 saturated heterocycles. The highest BCUT2D eigenvalue weighted by Crippen LogP contribution is 2.24. The van der Waals surface area contributed by atoms with Crippen molar-refractivity contribution >= 4 is 17.3 Å². The molecule has 1 aromatic rings. The van der Waals surface area contributed by atoms with Gasteiger partial charge in [-0.15, -0.1) is 0 Å². The highest BCUT2D eigenvalue weighted by Gasteiger charge is 2.28. The summed E-state index contributed by atoms with van der Waals surface area (Å²) >= 11 is 0. The maximum Gasteiger partial charge on any atom is 0.241 e. The van der Waals surface area contributed by atoms with Gasteiger partial charge >= 0.3 is 0 Å². The topological polar surface area (TPSA) is 58.4 Å². The van der Waals surface area contributed by atoms with Gasteiger partial charge < -0.3 is 11.1 Å². The van der Waals surface area contributed by atoms with E-state index in [9.17, 15) is 9.18 Å². The molecule has 1 aliphatic rings. The zero-order chi connectivity index (χ0) is 15.6. The van der Waals surface area contributed by atoms with Crippen LogP contribution in [0.3, 0.4) is 0 Å². The molecule has 21 heavy (non-hydrogen) atoms. The van der Waals surface area contributed by atoms with Gasteiger partial charge in [0.15, 0.2) is 0 Å². The summed E-state index contributed by atoms with van der Waals surface area (Å²) in [5.41, 5.74) is 6.09. The number of hydrogen-bond donors (Lipinski definition) is 2. The first kappa shape index (κ1) is 15.8. The number of carbonyl (C=O) groups is 1. The molecule has 4 nitrogen and oxygen atoms in total. The molecule has 1 heterocycles. The van der Waals surface area contributed by atoms with Gasteiger partial charge in [0.05, 0.1) is 11.7 Å². The fourth-order valence-electron chi connectivity index (χ4n) is 2.68. The zero-order valence-corrected chi connectivity index (χ0v) is 12.9. The van der Waals surface area contributed by atoms with Gasteiger partial charge in [-0.1, -0.05) is 13.8 Å². The maximum atomic E-state index is 13.1. The molecule has 1 amide bonds. The Morgan fingerprint density at radius 1 is 1.43 bits per heavy atom. The van der Waals surface area contributed by atoms with Gasteiger partial charge in [-0.3, -0.25) is 9.69 Å². The molecular weight excluding hydrogens is 269 g/mol. The standard InChI is InChI=1S/C16H24FN3O/c1-10-6-7-20(9-11(10)2)12(3)16(21)19-13-4-5-14(17)15(18)8-13/h4-5,8,10-12H,6-7,9,18H2,1-3H3,(H,19,21). The number of benzene rings is 1. The number of amides is 1. The first-order valence-corrected chi connectivity index (χ1v) is 7.48. The molecule has 3 N–H and O–H groups in total. The molecule has 2 rings (SSSR count). The second-order valence-corrected chi connectivity index (χ2v) is 6.14. The fraction of sp³-hybridized carbons (Fsp3) is 0.562. The quantitative estimate of drug-likeness (QED) is 0.842. The van der Waals surface area contributed by atoms with Crippen LogP contribution in [0.2, 0.25) is 0 Å². The molecule has 0 aromatic heterocycles. The van der Waals surface area contributed by atoms with Gasteiger partial charge in [0.25, 0.3) is 0 Å². The third-order valence-electron chi connectivity index (χ3n) is 4.56. The zero-order valence-electron chi connectivity index (χ0n) is 12.9. The molecule has 1 aromatic carbocycles. The largest absolute Gasteiger partial charge is 0.396 e. The van der Waals surface area contributed by atoms with E-state index in [1.807, 2.05) is 6.92 Å². The smallest absolute Gasteiger partial charge is 0.241 e. The van der Waals surface area contributed by atoms with Crippen LogP contribution in [-0.2, 0) is 4.79 Å². The Hall–Kier alpha value is -1.62. The summed E-state index contributed by atoms with van der Waals surface area (Å²) in [6, 6.07) is 4.03. The van der Waals surface area contributed by atoms with E-state index in [0.717, 1.165) is 19.5 Å². The number of nitrogens with two attached hydrogens (primary N) is 1. The molecule has 0 bridgehead atoms. The SMILES string of the molecule is CC1CCN(C(C)C(=O)Nc2ccc(F)c(N)c2)CC1C. The maximum absolute atomic E-state index is 13.1. The average molecular weight is 293 g/mol. The molecule has 3 atom stereocenters. The summed E-state index contributed by atoms with van der Waals surface area (Å²) < 4.78 is 13.1. The second-order valence-electron chi connectivity index (χ2n) is 6.14. The van der Waals surface area contributed by atoms with Crippen LogP contribution in [0.15, 0.2) is 18.2 Å². The van der Waals surface area contributed by atoms with Crippen molar-refractivity contribution in [1.82, 2.24) is 4.90 Å². The number of anilines is 2. The minimum Gasteiger partial charge on any atom is -0.396 e. The minimum atomic E-state index is -0.472. The molecule has 0 aliphatic carbocycles. The summed E-state index contributed by atoms with van der Waals surface area (Å²) in [7, 11) is 0. The van der Waals surface area contributed by atoms with Crippen molar-refractivity contribution in [2.45, 2.75) is 33.2 Å². The van der Waals surface area contributed by atoms with Gasteiger partial charge in [-0.25, -0.2) is 4.39 Å². The summed E-state index contributed by atoms with van der Waals surface area (Å²) in [6.07, 6.45) is 1.11. The summed E-state index contributed by atoms with van der Waals surface area (Å²) in [6.45, 7) is 8.26. The van der Waals surface area contributed by atoms with Crippen LogP contribution in [0.25, 0.3) is 0 Å². The Morgan fingerprint density at radius 2 is 2.14 bits per heavy atom. The first-order valence-electron chi connectivity index (χ1n) is 7.48. The molecule has 0 spiro atoms. The molecule has 1 fully saturated rings. The normalized spacial score (nSPS) is 24.6. The van der Waals surface area contributed by atoms with Crippen LogP contribution in [0.5, 0.6) is 0 Å². The monoisotopic (exact) mass is 293 g/mol. The number of halogens is 1. The van der Waals surface area contributed by atoms with E-state index in [2.05, 4.69) is 24.1 Å². The van der Waals surface area contributed by atoms with Gasteiger partial charge in [0.2, 0.25) is 5.91 Å². The second kappa shape index (κ2) is 6.43. The first-order chi connectivity index (χ1) is 9.88. The molecule has 0 saturated carbocycles. The van der Waals surface area contributed by atoms with E-state index < -0.39 is 5.82 Å². The van der Waals surface area contributed by atoms with Crippen molar-refractivity contribution < 1.29 is 9.18 Å². The molecule has 0 radical (unpaired) electrons. The number of nitrogen functional groups attached to an aromatic ring is 1. The van der Waals surface area contributed by atoms with Crippen molar-refractivity contribution in [2.75, 3.05) is 24.1 Å². The lowest BCUT2D eigenvalue weighted by atomic mass is 9.88. The van der Waals surface area contributed by atoms with Crippen LogP contribution in [0.1, 0.15) is 27.2 Å². The number of hydrogen-bond acceptors (Lipinski definition) is 3. The lowest BCUT2D eigenvalue weighted by Crippen LogP contribution is -2.48. The van der Waals surface area contributed by atoms with Crippen molar-refractivity contribution in [3.63, 3.8) is 0 Å². The summed E-state index contributed by atoms with van der Waals surface area (Å²) in [4.78, 5) is 14.5. The fourth-order valence-corrected chi connectivity index (χ4v) is 2.68. The van der Waals surface area contributed by atoms with E-state index >= 15 is 0 Å². The van der Waals surface area contributed by atoms with Crippen LogP contribution in [0.4, 0.5) is 15.8 Å². The van der Waals surface area contributed by atoms with Crippen molar-refractivity contribution in [1.29, 1.82) is 0 Å². The van der Waals surface area contributed by atoms with E-state index in [1.165, 1.54) is 18.2 Å². The highest BCUT2D eigenvalue weighted by molar-refractivity contribution is 5.94. The van der Waals surface area contributed by atoms with Crippen molar-refractivity contribution in [2.24, 2.45) is 11.8 Å². The Balaban J connectivity index is 1.97. The van der Waals surface area contributed by atoms with E-state index in [4.69, 9.17) is 5.73 Å². The van der Waals surface area contributed by atoms with Crippen LogP contribution < -0.4 is 11.1 Å². The van der Waals surface area contributed by atoms with Gasteiger partial charge in [0.1, 0.15) is 5.82 Å². The lowest BCUT2D eigenvalue weighted by Gasteiger charge is -2.38. The third kappa shape index (κ3) is 3.73. The predicted octanol–water partition coefficient (Wildman–Crippen LogP) is 2.71. The lowest BCUT2D eigenvalue weighted by molar-refractivity contribution is -0.121. The number of nitrogens with one attached hydrogen (secondary N) is 1. The minimum absolute atomic E-state index is 0.0425. The Morgan fingerprint density at radius 3 is 2.76 bits per heavy atom. The Kier molecular flexibility index (Phi) is 4.83. The van der Waals surface area contributed by atoms with Gasteiger partial charge in [0, 0.05) is 12.2 Å². The third-order valence-corrected chi connectivity index (χ3v) is 4.56. The number of carbonyl (C=O) groups excluding carboxylic acids is 1. The van der Waals surface area contributed by atoms with Gasteiger partial charge in [-0.05, 0) is 49.9 Å². The predicted molar refractivity (Wildman–Crippen MR) is 83.4 cm³/mol.